The summed E-state index contributed by atoms with van der Waals surface area (Å²) in [6.07, 6.45) is 0.786. The lowest BCUT2D eigenvalue weighted by Crippen LogP contribution is -1.99. The second kappa shape index (κ2) is 5.82. The summed E-state index contributed by atoms with van der Waals surface area (Å²) in [7, 11) is 0. The van der Waals surface area contributed by atoms with Crippen LogP contribution in [0.25, 0.3) is 22.3 Å². The van der Waals surface area contributed by atoms with Crippen molar-refractivity contribution in [3.63, 3.8) is 0 Å². The van der Waals surface area contributed by atoms with E-state index in [1.807, 2.05) is 36.4 Å². The van der Waals surface area contributed by atoms with Crippen molar-refractivity contribution in [3.8, 4) is 28.3 Å². The third-order valence-electron chi connectivity index (χ3n) is 4.89. The molecule has 0 bridgehead atoms. The van der Waals surface area contributed by atoms with Crippen molar-refractivity contribution >= 4 is 0 Å². The van der Waals surface area contributed by atoms with Gasteiger partial charge in [-0.3, -0.25) is 0 Å². The summed E-state index contributed by atoms with van der Waals surface area (Å²) < 4.78 is 28.8. The van der Waals surface area contributed by atoms with E-state index in [-0.39, 0.29) is 5.56 Å². The number of hydrogen-bond acceptors (Lipinski definition) is 1. The molecule has 0 saturated heterocycles. The Balaban J connectivity index is 1.86. The minimum atomic E-state index is -0.481. The van der Waals surface area contributed by atoms with E-state index in [1.165, 1.54) is 6.07 Å². The smallest absolute Gasteiger partial charge is 0.133 e. The molecule has 4 rings (SSSR count). The van der Waals surface area contributed by atoms with Crippen molar-refractivity contribution < 1.29 is 8.78 Å². The van der Waals surface area contributed by atoms with Gasteiger partial charge in [0.25, 0.3) is 0 Å². The normalized spacial score (nSPS) is 11.8. The first-order chi connectivity index (χ1) is 12.1. The number of halogens is 2. The van der Waals surface area contributed by atoms with Gasteiger partial charge in [-0.25, -0.2) is 8.78 Å². The monoisotopic (exact) mass is 331 g/mol. The average molecular weight is 331 g/mol. The van der Waals surface area contributed by atoms with Crippen LogP contribution in [-0.2, 0) is 12.8 Å². The predicted molar refractivity (Wildman–Crippen MR) is 94.1 cm³/mol. The predicted octanol–water partition coefficient (Wildman–Crippen LogP) is 5.64. The fourth-order valence-corrected chi connectivity index (χ4v) is 3.64. The van der Waals surface area contributed by atoms with Gasteiger partial charge in [-0.1, -0.05) is 43.3 Å². The highest BCUT2D eigenvalue weighted by molar-refractivity contribution is 5.82. The van der Waals surface area contributed by atoms with Crippen LogP contribution < -0.4 is 0 Å². The first kappa shape index (κ1) is 15.5. The van der Waals surface area contributed by atoms with E-state index < -0.39 is 11.6 Å². The molecular weight excluding hydrogens is 316 g/mol. The SMILES string of the molecule is CCc1c(F)cc2c(c1F)Cc1cc(-c3ccccc3C#N)ccc1-2. The molecule has 3 aromatic rings. The maximum Gasteiger partial charge on any atom is 0.133 e. The Morgan fingerprint density at radius 3 is 2.56 bits per heavy atom. The topological polar surface area (TPSA) is 23.8 Å². The van der Waals surface area contributed by atoms with E-state index >= 15 is 0 Å². The zero-order chi connectivity index (χ0) is 17.6. The maximum absolute atomic E-state index is 14.7. The molecule has 1 nitrogen and oxygen atoms in total. The molecule has 0 amide bonds. The van der Waals surface area contributed by atoms with E-state index in [2.05, 4.69) is 6.07 Å². The molecule has 0 aromatic heterocycles. The van der Waals surface area contributed by atoms with E-state index in [4.69, 9.17) is 0 Å². The van der Waals surface area contributed by atoms with E-state index in [0.717, 1.165) is 22.3 Å². The molecule has 0 unspecified atom stereocenters. The highest BCUT2D eigenvalue weighted by Crippen LogP contribution is 2.41. The highest BCUT2D eigenvalue weighted by atomic mass is 19.1. The molecule has 0 N–H and O–H groups in total. The summed E-state index contributed by atoms with van der Waals surface area (Å²) >= 11 is 0. The van der Waals surface area contributed by atoms with Crippen molar-refractivity contribution in [2.24, 2.45) is 0 Å². The molecule has 0 radical (unpaired) electrons. The van der Waals surface area contributed by atoms with Crippen molar-refractivity contribution in [1.29, 1.82) is 5.26 Å². The maximum atomic E-state index is 14.7. The van der Waals surface area contributed by atoms with Gasteiger partial charge in [-0.15, -0.1) is 0 Å². The van der Waals surface area contributed by atoms with Gasteiger partial charge in [0.05, 0.1) is 11.6 Å². The molecule has 25 heavy (non-hydrogen) atoms. The molecule has 0 atom stereocenters. The highest BCUT2D eigenvalue weighted by Gasteiger charge is 2.26. The van der Waals surface area contributed by atoms with Gasteiger partial charge < -0.3 is 0 Å². The van der Waals surface area contributed by atoms with Crippen LogP contribution in [0.2, 0.25) is 0 Å². The fourth-order valence-electron chi connectivity index (χ4n) is 3.64. The number of nitrogens with zero attached hydrogens (tertiary/aromatic N) is 1. The second-order valence-corrected chi connectivity index (χ2v) is 6.24. The molecule has 0 fully saturated rings. The van der Waals surface area contributed by atoms with Crippen LogP contribution >= 0.6 is 0 Å². The molecule has 3 heteroatoms. The van der Waals surface area contributed by atoms with Crippen LogP contribution in [0.4, 0.5) is 8.78 Å². The molecular formula is C22H15F2N. The standard InChI is InChI=1S/C22H15F2N/c1-2-16-21(23)11-19-18-8-7-13(9-15(18)10-20(19)22(16)24)17-6-4-3-5-14(17)12-25/h3-9,11H,2,10H2,1H3. The van der Waals surface area contributed by atoms with Crippen LogP contribution in [-0.4, -0.2) is 0 Å². The van der Waals surface area contributed by atoms with Gasteiger partial charge in [0.2, 0.25) is 0 Å². The lowest BCUT2D eigenvalue weighted by Gasteiger charge is -2.08. The molecule has 1 aliphatic rings. The van der Waals surface area contributed by atoms with Crippen LogP contribution in [0.1, 0.15) is 29.2 Å². The van der Waals surface area contributed by atoms with E-state index in [9.17, 15) is 14.0 Å². The Labute approximate surface area is 145 Å². The number of nitriles is 1. The van der Waals surface area contributed by atoms with Crippen LogP contribution in [0.15, 0.2) is 48.5 Å². The van der Waals surface area contributed by atoms with Gasteiger partial charge in [0.1, 0.15) is 11.6 Å². The Hall–Kier alpha value is -2.99. The minimum absolute atomic E-state index is 0.154. The molecule has 0 saturated carbocycles. The molecule has 0 spiro atoms. The molecule has 3 aromatic carbocycles. The number of fused-ring (bicyclic) bond motifs is 3. The zero-order valence-corrected chi connectivity index (χ0v) is 13.7. The second-order valence-electron chi connectivity index (χ2n) is 6.24. The third-order valence-corrected chi connectivity index (χ3v) is 4.89. The lowest BCUT2D eigenvalue weighted by molar-refractivity contribution is 0.553. The first-order valence-electron chi connectivity index (χ1n) is 8.26. The molecule has 1 aliphatic carbocycles. The molecule has 0 aliphatic heterocycles. The van der Waals surface area contributed by atoms with Crippen LogP contribution in [0.5, 0.6) is 0 Å². The minimum Gasteiger partial charge on any atom is -0.207 e. The zero-order valence-electron chi connectivity index (χ0n) is 13.7. The summed E-state index contributed by atoms with van der Waals surface area (Å²) in [5.74, 6) is -0.904. The van der Waals surface area contributed by atoms with Gasteiger partial charge in [0.15, 0.2) is 0 Å². The van der Waals surface area contributed by atoms with Crippen molar-refractivity contribution in [1.82, 2.24) is 0 Å². The Morgan fingerprint density at radius 1 is 1.00 bits per heavy atom. The first-order valence-corrected chi connectivity index (χ1v) is 8.26. The number of rotatable bonds is 2. The van der Waals surface area contributed by atoms with Crippen molar-refractivity contribution in [2.75, 3.05) is 0 Å². The Bertz CT molecular complexity index is 1040. The fraction of sp³-hybridized carbons (Fsp3) is 0.136. The van der Waals surface area contributed by atoms with Gasteiger partial charge >= 0.3 is 0 Å². The third kappa shape index (κ3) is 2.34. The lowest BCUT2D eigenvalue weighted by atomic mass is 9.96. The van der Waals surface area contributed by atoms with Crippen molar-refractivity contribution in [3.05, 3.63) is 82.4 Å². The van der Waals surface area contributed by atoms with E-state index in [0.29, 0.717) is 29.5 Å². The van der Waals surface area contributed by atoms with E-state index in [1.54, 1.807) is 13.0 Å². The number of hydrogen-bond donors (Lipinski definition) is 0. The van der Waals surface area contributed by atoms with Gasteiger partial charge in [0, 0.05) is 17.5 Å². The molecule has 122 valence electrons. The summed E-state index contributed by atoms with van der Waals surface area (Å²) in [4.78, 5) is 0. The summed E-state index contributed by atoms with van der Waals surface area (Å²) in [5, 5.41) is 9.30. The molecule has 0 heterocycles. The van der Waals surface area contributed by atoms with Gasteiger partial charge in [-0.05, 0) is 46.4 Å². The van der Waals surface area contributed by atoms with Crippen LogP contribution in [0.3, 0.4) is 0 Å². The summed E-state index contributed by atoms with van der Waals surface area (Å²) in [5.41, 5.74) is 5.57. The Kier molecular flexibility index (Phi) is 3.62. The summed E-state index contributed by atoms with van der Waals surface area (Å²) in [6.45, 7) is 1.76. The van der Waals surface area contributed by atoms with Crippen LogP contribution in [0, 0.1) is 23.0 Å². The Morgan fingerprint density at radius 2 is 1.80 bits per heavy atom. The van der Waals surface area contributed by atoms with Gasteiger partial charge in [-0.2, -0.15) is 5.26 Å². The number of benzene rings is 3. The quantitative estimate of drug-likeness (QED) is 0.466. The largest absolute Gasteiger partial charge is 0.207 e. The van der Waals surface area contributed by atoms with Crippen molar-refractivity contribution in [2.45, 2.75) is 19.8 Å². The summed E-state index contributed by atoms with van der Waals surface area (Å²) in [6, 6.07) is 16.8. The average Bonchev–Trinajstić information content (AvgIpc) is 3.00.